The van der Waals surface area contributed by atoms with Crippen LogP contribution in [-0.4, -0.2) is 23.8 Å². The SMILES string of the molecule is C1CSCCSN1. The van der Waals surface area contributed by atoms with Crippen molar-refractivity contribution in [2.24, 2.45) is 0 Å². The van der Waals surface area contributed by atoms with Gasteiger partial charge in [0.15, 0.2) is 0 Å². The van der Waals surface area contributed by atoms with Crippen LogP contribution < -0.4 is 4.72 Å². The topological polar surface area (TPSA) is 12.0 Å². The number of thioether (sulfide) groups is 1. The molecule has 0 spiro atoms. The average Bonchev–Trinajstić information content (AvgIpc) is 1.90. The van der Waals surface area contributed by atoms with Crippen molar-refractivity contribution < 1.29 is 0 Å². The predicted octanol–water partition coefficient (Wildman–Crippen LogP) is 0.971. The summed E-state index contributed by atoms with van der Waals surface area (Å²) in [5, 5.41) is 0. The molecule has 3 heteroatoms. The van der Waals surface area contributed by atoms with Gasteiger partial charge in [0.25, 0.3) is 0 Å². The molecular weight excluding hydrogens is 126 g/mol. The molecule has 1 heterocycles. The summed E-state index contributed by atoms with van der Waals surface area (Å²) in [6.07, 6.45) is 0. The van der Waals surface area contributed by atoms with Crippen LogP contribution in [0.25, 0.3) is 0 Å². The van der Waals surface area contributed by atoms with Crippen LogP contribution in [0.3, 0.4) is 0 Å². The fourth-order valence-electron chi connectivity index (χ4n) is 0.461. The number of hydrogen-bond donors (Lipinski definition) is 1. The number of nitrogens with one attached hydrogen (secondary N) is 1. The van der Waals surface area contributed by atoms with Crippen LogP contribution in [0.4, 0.5) is 0 Å². The monoisotopic (exact) mass is 135 g/mol. The van der Waals surface area contributed by atoms with Gasteiger partial charge in [-0.1, -0.05) is 11.9 Å². The molecule has 0 radical (unpaired) electrons. The Morgan fingerprint density at radius 3 is 3.14 bits per heavy atom. The predicted molar refractivity (Wildman–Crippen MR) is 37.8 cm³/mol. The number of rotatable bonds is 0. The molecule has 1 saturated heterocycles. The van der Waals surface area contributed by atoms with Gasteiger partial charge in [0.1, 0.15) is 0 Å². The fourth-order valence-corrected chi connectivity index (χ4v) is 2.24. The molecule has 7 heavy (non-hydrogen) atoms. The molecule has 0 aliphatic carbocycles. The van der Waals surface area contributed by atoms with Crippen molar-refractivity contribution >= 4 is 23.7 Å². The minimum Gasteiger partial charge on any atom is -0.263 e. The first-order chi connectivity index (χ1) is 3.50. The zero-order chi connectivity index (χ0) is 4.95. The summed E-state index contributed by atoms with van der Waals surface area (Å²) < 4.78 is 3.24. The maximum Gasteiger partial charge on any atom is 0.0170 e. The van der Waals surface area contributed by atoms with Crippen molar-refractivity contribution in [3.63, 3.8) is 0 Å². The summed E-state index contributed by atoms with van der Waals surface area (Å²) in [6.45, 7) is 1.18. The summed E-state index contributed by atoms with van der Waals surface area (Å²) >= 11 is 3.88. The van der Waals surface area contributed by atoms with Crippen LogP contribution in [0.2, 0.25) is 0 Å². The highest BCUT2D eigenvalue weighted by atomic mass is 32.2. The lowest BCUT2D eigenvalue weighted by molar-refractivity contribution is 1.05. The first-order valence-corrected chi connectivity index (χ1v) is 4.56. The summed E-state index contributed by atoms with van der Waals surface area (Å²) in [5.74, 6) is 3.87. The maximum atomic E-state index is 3.24. The Bertz CT molecular complexity index is 29.3. The van der Waals surface area contributed by atoms with E-state index >= 15 is 0 Å². The van der Waals surface area contributed by atoms with Gasteiger partial charge in [0.2, 0.25) is 0 Å². The van der Waals surface area contributed by atoms with Gasteiger partial charge in [0.05, 0.1) is 0 Å². The molecule has 1 N–H and O–H groups in total. The molecule has 0 saturated carbocycles. The van der Waals surface area contributed by atoms with Gasteiger partial charge < -0.3 is 0 Å². The Morgan fingerprint density at radius 1 is 1.14 bits per heavy atom. The lowest BCUT2D eigenvalue weighted by atomic mass is 10.8. The Balaban J connectivity index is 2.04. The molecule has 0 aromatic heterocycles. The Hall–Kier alpha value is 0.660. The van der Waals surface area contributed by atoms with E-state index in [0.717, 1.165) is 0 Å². The lowest BCUT2D eigenvalue weighted by Gasteiger charge is -1.90. The first kappa shape index (κ1) is 5.79. The van der Waals surface area contributed by atoms with Gasteiger partial charge in [-0.05, 0) is 0 Å². The quantitative estimate of drug-likeness (QED) is 0.497. The molecule has 0 atom stereocenters. The summed E-state index contributed by atoms with van der Waals surface area (Å²) in [4.78, 5) is 0. The van der Waals surface area contributed by atoms with Crippen LogP contribution >= 0.6 is 23.7 Å². The van der Waals surface area contributed by atoms with Crippen LogP contribution in [0.15, 0.2) is 0 Å². The molecule has 0 aromatic rings. The normalized spacial score (nSPS) is 24.0. The van der Waals surface area contributed by atoms with Gasteiger partial charge in [-0.25, -0.2) is 0 Å². The molecular formula is C4H9NS2. The summed E-state index contributed by atoms with van der Waals surface area (Å²) in [6, 6.07) is 0. The van der Waals surface area contributed by atoms with Crippen molar-refractivity contribution in [2.45, 2.75) is 0 Å². The van der Waals surface area contributed by atoms with E-state index in [0.29, 0.717) is 0 Å². The van der Waals surface area contributed by atoms with E-state index in [-0.39, 0.29) is 0 Å². The first-order valence-electron chi connectivity index (χ1n) is 2.42. The Kier molecular flexibility index (Phi) is 3.01. The third-order valence-corrected chi connectivity index (χ3v) is 2.84. The minimum atomic E-state index is 1.18. The van der Waals surface area contributed by atoms with Crippen LogP contribution in [-0.2, 0) is 0 Å². The van der Waals surface area contributed by atoms with E-state index in [1.54, 1.807) is 0 Å². The van der Waals surface area contributed by atoms with Crippen molar-refractivity contribution in [1.82, 2.24) is 4.72 Å². The second-order valence-corrected chi connectivity index (χ2v) is 3.57. The highest BCUT2D eigenvalue weighted by Gasteiger charge is 1.94. The van der Waals surface area contributed by atoms with Gasteiger partial charge in [-0.15, -0.1) is 0 Å². The van der Waals surface area contributed by atoms with Gasteiger partial charge in [0, 0.05) is 23.8 Å². The van der Waals surface area contributed by atoms with E-state index in [4.69, 9.17) is 0 Å². The Labute approximate surface area is 52.8 Å². The standard InChI is InChI=1S/C4H9NS2/c1-2-6-3-4-7-5-1/h5H,1-4H2. The van der Waals surface area contributed by atoms with Crippen molar-refractivity contribution in [3.05, 3.63) is 0 Å². The Morgan fingerprint density at radius 2 is 2.14 bits per heavy atom. The zero-order valence-corrected chi connectivity index (χ0v) is 5.78. The second kappa shape index (κ2) is 3.64. The van der Waals surface area contributed by atoms with Crippen LogP contribution in [0.5, 0.6) is 0 Å². The molecule has 0 bridgehead atoms. The van der Waals surface area contributed by atoms with E-state index in [1.807, 2.05) is 23.7 Å². The molecule has 0 aromatic carbocycles. The zero-order valence-electron chi connectivity index (χ0n) is 4.14. The third kappa shape index (κ3) is 2.46. The van der Waals surface area contributed by atoms with E-state index in [2.05, 4.69) is 4.72 Å². The summed E-state index contributed by atoms with van der Waals surface area (Å²) in [5.41, 5.74) is 0. The lowest BCUT2D eigenvalue weighted by Crippen LogP contribution is -2.04. The summed E-state index contributed by atoms with van der Waals surface area (Å²) in [7, 11) is 0. The smallest absolute Gasteiger partial charge is 0.0170 e. The molecule has 1 nitrogen and oxygen atoms in total. The largest absolute Gasteiger partial charge is 0.263 e. The maximum absolute atomic E-state index is 3.24. The van der Waals surface area contributed by atoms with E-state index in [9.17, 15) is 0 Å². The number of hydrogen-bond acceptors (Lipinski definition) is 3. The van der Waals surface area contributed by atoms with Crippen molar-refractivity contribution in [1.29, 1.82) is 0 Å². The molecule has 0 amide bonds. The van der Waals surface area contributed by atoms with Crippen molar-refractivity contribution in [2.75, 3.05) is 23.8 Å². The minimum absolute atomic E-state index is 1.18. The molecule has 1 aliphatic rings. The molecule has 0 unspecified atom stereocenters. The van der Waals surface area contributed by atoms with Crippen molar-refractivity contribution in [3.8, 4) is 0 Å². The second-order valence-electron chi connectivity index (χ2n) is 1.36. The molecule has 42 valence electrons. The highest BCUT2D eigenvalue weighted by Crippen LogP contribution is 2.07. The molecule has 1 aliphatic heterocycles. The van der Waals surface area contributed by atoms with Gasteiger partial charge >= 0.3 is 0 Å². The highest BCUT2D eigenvalue weighted by molar-refractivity contribution is 8.02. The van der Waals surface area contributed by atoms with Crippen LogP contribution in [0.1, 0.15) is 0 Å². The molecule has 1 fully saturated rings. The van der Waals surface area contributed by atoms with E-state index < -0.39 is 0 Å². The van der Waals surface area contributed by atoms with Gasteiger partial charge in [-0.2, -0.15) is 11.8 Å². The van der Waals surface area contributed by atoms with Crippen LogP contribution in [0, 0.1) is 0 Å². The van der Waals surface area contributed by atoms with E-state index in [1.165, 1.54) is 23.8 Å². The molecule has 1 rings (SSSR count). The third-order valence-electron chi connectivity index (χ3n) is 0.780. The van der Waals surface area contributed by atoms with Gasteiger partial charge in [-0.3, -0.25) is 4.72 Å². The fraction of sp³-hybridized carbons (Fsp3) is 1.00. The average molecular weight is 135 g/mol.